The van der Waals surface area contributed by atoms with Gasteiger partial charge in [-0.1, -0.05) is 87.7 Å². The summed E-state index contributed by atoms with van der Waals surface area (Å²) < 4.78 is 5.85. The van der Waals surface area contributed by atoms with Crippen molar-refractivity contribution in [2.75, 3.05) is 19.7 Å². The van der Waals surface area contributed by atoms with E-state index in [4.69, 9.17) is 27.9 Å². The molecule has 11 heteroatoms. The van der Waals surface area contributed by atoms with Crippen molar-refractivity contribution in [3.8, 4) is 5.75 Å². The Bertz CT molecular complexity index is 1170. The van der Waals surface area contributed by atoms with Gasteiger partial charge in [-0.3, -0.25) is 14.4 Å². The fourth-order valence-corrected chi connectivity index (χ4v) is 5.19. The first kappa shape index (κ1) is 41.0. The van der Waals surface area contributed by atoms with Gasteiger partial charge in [0.1, 0.15) is 5.82 Å². The second-order valence-corrected chi connectivity index (χ2v) is 13.5. The number of ether oxygens (including phenoxy) is 1. The van der Waals surface area contributed by atoms with Gasteiger partial charge in [0, 0.05) is 13.0 Å². The van der Waals surface area contributed by atoms with Gasteiger partial charge in [0.05, 0.1) is 35.7 Å². The molecule has 0 aliphatic heterocycles. The number of hydrogen-bond acceptors (Lipinski definition) is 6. The maximum atomic E-state index is 12.6. The molecule has 0 spiro atoms. The van der Waals surface area contributed by atoms with Crippen molar-refractivity contribution in [3.05, 3.63) is 51.3 Å². The molecule has 258 valence electrons. The maximum Gasteiger partial charge on any atom is 0.305 e. The van der Waals surface area contributed by atoms with E-state index in [0.29, 0.717) is 42.1 Å². The van der Waals surface area contributed by atoms with E-state index in [2.05, 4.69) is 48.4 Å². The zero-order valence-electron chi connectivity index (χ0n) is 28.3. The molecule has 1 rings (SSSR count). The first-order valence-corrected chi connectivity index (χ1v) is 17.0. The summed E-state index contributed by atoms with van der Waals surface area (Å²) >= 11 is 12.9. The van der Waals surface area contributed by atoms with Crippen LogP contribution in [0, 0.1) is 5.41 Å². The van der Waals surface area contributed by atoms with E-state index < -0.39 is 24.3 Å². The SMILES string of the molecule is C=N/C(=C\C(C)=C/C)NCCCCC(=O)NCC(=O)NC(CC(=O)O)c1cc(Cl)c(OCCCCCCCCC(C)(C)C)c(Cl)c1. The van der Waals surface area contributed by atoms with Crippen LogP contribution in [0.15, 0.2) is 40.7 Å². The van der Waals surface area contributed by atoms with Gasteiger partial charge >= 0.3 is 5.97 Å². The number of hydrogen-bond donors (Lipinski definition) is 4. The predicted molar refractivity (Wildman–Crippen MR) is 189 cm³/mol. The number of aliphatic imine (C=N–C) groups is 1. The van der Waals surface area contributed by atoms with E-state index >= 15 is 0 Å². The minimum atomic E-state index is -1.11. The lowest BCUT2D eigenvalue weighted by molar-refractivity contribution is -0.138. The summed E-state index contributed by atoms with van der Waals surface area (Å²) in [6.07, 6.45) is 13.0. The number of carboxylic acid groups (broad SMARTS) is 1. The standard InChI is InChI=1S/C35H54Cl2N4O5/c1-7-25(2)20-30(38-6)39-18-14-12-16-31(42)40-24-32(43)41-29(23-33(44)45)26-21-27(36)34(28(37)22-26)46-19-15-11-9-8-10-13-17-35(3,4)5/h7,20-22,29,39H,6,8-19,23-24H2,1-5H3,(H,40,42)(H,41,43)(H,44,45)/b25-7-,30-20+. The Morgan fingerprint density at radius 3 is 2.20 bits per heavy atom. The van der Waals surface area contributed by atoms with Crippen LogP contribution in [0.25, 0.3) is 0 Å². The fourth-order valence-electron chi connectivity index (χ4n) is 4.58. The normalized spacial score (nSPS) is 12.8. The van der Waals surface area contributed by atoms with E-state index in [1.54, 1.807) is 12.1 Å². The van der Waals surface area contributed by atoms with Crippen LogP contribution in [-0.4, -0.2) is 49.3 Å². The molecule has 0 saturated carbocycles. The first-order valence-electron chi connectivity index (χ1n) is 16.2. The predicted octanol–water partition coefficient (Wildman–Crippen LogP) is 8.17. The summed E-state index contributed by atoms with van der Waals surface area (Å²) in [6.45, 7) is 15.1. The highest BCUT2D eigenvalue weighted by atomic mass is 35.5. The van der Waals surface area contributed by atoms with Crippen molar-refractivity contribution in [2.45, 2.75) is 111 Å². The maximum absolute atomic E-state index is 12.6. The Labute approximate surface area is 285 Å². The highest BCUT2D eigenvalue weighted by Gasteiger charge is 2.21. The van der Waals surface area contributed by atoms with Gasteiger partial charge in [0.2, 0.25) is 11.8 Å². The highest BCUT2D eigenvalue weighted by Crippen LogP contribution is 2.36. The number of amides is 2. The van der Waals surface area contributed by atoms with Gasteiger partial charge in [-0.05, 0) is 75.4 Å². The van der Waals surface area contributed by atoms with Gasteiger partial charge in [-0.2, -0.15) is 0 Å². The molecule has 0 aliphatic rings. The van der Waals surface area contributed by atoms with Gasteiger partial charge in [-0.15, -0.1) is 0 Å². The Kier molecular flexibility index (Phi) is 20.0. The van der Waals surface area contributed by atoms with E-state index in [1.165, 1.54) is 25.7 Å². The molecule has 0 saturated heterocycles. The number of carboxylic acids is 1. The molecular formula is C35H54Cl2N4O5. The molecule has 2 amide bonds. The van der Waals surface area contributed by atoms with Crippen LogP contribution in [0.4, 0.5) is 0 Å². The number of carbonyl (C=O) groups is 3. The Hall–Kier alpha value is -3.04. The van der Waals surface area contributed by atoms with Crippen molar-refractivity contribution < 1.29 is 24.2 Å². The molecule has 0 aromatic heterocycles. The average molecular weight is 682 g/mol. The van der Waals surface area contributed by atoms with Crippen LogP contribution in [0.2, 0.25) is 10.0 Å². The van der Waals surface area contributed by atoms with Gasteiger partial charge < -0.3 is 25.8 Å². The number of unbranched alkanes of at least 4 members (excludes halogenated alkanes) is 6. The third kappa shape index (κ3) is 18.8. The highest BCUT2D eigenvalue weighted by molar-refractivity contribution is 6.37. The van der Waals surface area contributed by atoms with Crippen LogP contribution in [-0.2, 0) is 14.4 Å². The van der Waals surface area contributed by atoms with Crippen LogP contribution >= 0.6 is 23.2 Å². The molecule has 0 fully saturated rings. The van der Waals surface area contributed by atoms with Crippen molar-refractivity contribution >= 4 is 47.7 Å². The minimum absolute atomic E-state index is 0.237. The third-order valence-electron chi connectivity index (χ3n) is 7.28. The number of nitrogens with one attached hydrogen (secondary N) is 3. The molecule has 9 nitrogen and oxygen atoms in total. The lowest BCUT2D eigenvalue weighted by atomic mass is 9.89. The van der Waals surface area contributed by atoms with Crippen LogP contribution < -0.4 is 20.7 Å². The lowest BCUT2D eigenvalue weighted by Gasteiger charge is -2.20. The molecule has 1 unspecified atom stereocenters. The number of halogens is 2. The summed E-state index contributed by atoms with van der Waals surface area (Å²) in [5.74, 6) is -0.917. The molecule has 0 heterocycles. The molecule has 0 radical (unpaired) electrons. The molecular weight excluding hydrogens is 627 g/mol. The number of nitrogens with zero attached hydrogens (tertiary/aromatic N) is 1. The molecule has 0 bridgehead atoms. The molecule has 1 atom stereocenters. The van der Waals surface area contributed by atoms with Crippen molar-refractivity contribution in [1.82, 2.24) is 16.0 Å². The van der Waals surface area contributed by atoms with Gasteiger partial charge in [0.15, 0.2) is 5.75 Å². The summed E-state index contributed by atoms with van der Waals surface area (Å²) in [7, 11) is 0. The van der Waals surface area contributed by atoms with E-state index in [0.717, 1.165) is 31.3 Å². The number of allylic oxidation sites excluding steroid dienone is 3. The van der Waals surface area contributed by atoms with E-state index in [1.807, 2.05) is 26.0 Å². The molecule has 1 aromatic carbocycles. The average Bonchev–Trinajstić information content (AvgIpc) is 2.98. The van der Waals surface area contributed by atoms with Crippen LogP contribution in [0.1, 0.15) is 117 Å². The third-order valence-corrected chi connectivity index (χ3v) is 7.84. The monoisotopic (exact) mass is 680 g/mol. The summed E-state index contributed by atoms with van der Waals surface area (Å²) in [6, 6.07) is 2.21. The molecule has 46 heavy (non-hydrogen) atoms. The van der Waals surface area contributed by atoms with Gasteiger partial charge in [0.25, 0.3) is 0 Å². The van der Waals surface area contributed by atoms with Crippen LogP contribution in [0.5, 0.6) is 5.75 Å². The van der Waals surface area contributed by atoms with E-state index in [9.17, 15) is 19.5 Å². The van der Waals surface area contributed by atoms with Crippen LogP contribution in [0.3, 0.4) is 0 Å². The number of benzene rings is 1. The smallest absolute Gasteiger partial charge is 0.305 e. The largest absolute Gasteiger partial charge is 0.490 e. The quantitative estimate of drug-likeness (QED) is 0.0524. The van der Waals surface area contributed by atoms with Crippen molar-refractivity contribution in [3.63, 3.8) is 0 Å². The second-order valence-electron chi connectivity index (χ2n) is 12.7. The first-order chi connectivity index (χ1) is 21.7. The Balaban J connectivity index is 2.53. The van der Waals surface area contributed by atoms with Gasteiger partial charge in [-0.25, -0.2) is 4.99 Å². The number of rotatable bonds is 23. The second kappa shape index (κ2) is 22.5. The molecule has 1 aromatic rings. The van der Waals surface area contributed by atoms with Crippen molar-refractivity contribution in [2.24, 2.45) is 10.4 Å². The van der Waals surface area contributed by atoms with Crippen molar-refractivity contribution in [1.29, 1.82) is 0 Å². The minimum Gasteiger partial charge on any atom is -0.490 e. The molecule has 4 N–H and O–H groups in total. The zero-order valence-corrected chi connectivity index (χ0v) is 29.8. The zero-order chi connectivity index (χ0) is 34.5. The van der Waals surface area contributed by atoms with E-state index in [-0.39, 0.29) is 28.9 Å². The lowest BCUT2D eigenvalue weighted by Crippen LogP contribution is -2.39. The Morgan fingerprint density at radius 2 is 1.61 bits per heavy atom. The summed E-state index contributed by atoms with van der Waals surface area (Å²) in [5, 5.41) is 18.3. The fraction of sp³-hybridized carbons (Fsp3) is 0.600. The Morgan fingerprint density at radius 1 is 0.978 bits per heavy atom. The number of aliphatic carboxylic acids is 1. The number of carbonyl (C=O) groups excluding carboxylic acids is 2. The summed E-state index contributed by atoms with van der Waals surface area (Å²) in [5.41, 5.74) is 1.87. The molecule has 0 aliphatic carbocycles. The topological polar surface area (TPSA) is 129 Å². The summed E-state index contributed by atoms with van der Waals surface area (Å²) in [4.78, 5) is 40.4.